The van der Waals surface area contributed by atoms with Gasteiger partial charge < -0.3 is 0 Å². The lowest BCUT2D eigenvalue weighted by atomic mass is 10.0. The van der Waals surface area contributed by atoms with Crippen LogP contribution in [-0.2, 0) is 19.9 Å². The average molecular weight is 345 g/mol. The fourth-order valence-corrected chi connectivity index (χ4v) is 3.27. The van der Waals surface area contributed by atoms with Gasteiger partial charge >= 0.3 is 0 Å². The molecular formula is C20H40O4. The second-order valence-electron chi connectivity index (χ2n) is 7.23. The second-order valence-corrected chi connectivity index (χ2v) is 7.23. The van der Waals surface area contributed by atoms with Crippen molar-refractivity contribution in [2.45, 2.75) is 122 Å². The number of hydrogen-bond donors (Lipinski definition) is 0. The van der Waals surface area contributed by atoms with Crippen LogP contribution in [0.25, 0.3) is 0 Å². The van der Waals surface area contributed by atoms with E-state index in [1.54, 1.807) is 0 Å². The highest BCUT2D eigenvalue weighted by Crippen LogP contribution is 2.15. The molecule has 4 nitrogen and oxygen atoms in total. The van der Waals surface area contributed by atoms with Crippen molar-refractivity contribution in [1.29, 1.82) is 0 Å². The van der Waals surface area contributed by atoms with E-state index in [0.29, 0.717) is 6.61 Å². The second kappa shape index (κ2) is 17.7. The first-order valence-corrected chi connectivity index (χ1v) is 10.5. The molecule has 0 spiro atoms. The molecule has 0 N–H and O–H groups in total. The van der Waals surface area contributed by atoms with Crippen LogP contribution in [0.2, 0.25) is 0 Å². The van der Waals surface area contributed by atoms with E-state index >= 15 is 0 Å². The Labute approximate surface area is 149 Å². The van der Waals surface area contributed by atoms with Crippen molar-refractivity contribution >= 4 is 0 Å². The van der Waals surface area contributed by atoms with Crippen molar-refractivity contribution in [1.82, 2.24) is 0 Å². The quantitative estimate of drug-likeness (QED) is 0.214. The van der Waals surface area contributed by atoms with E-state index < -0.39 is 0 Å². The zero-order valence-corrected chi connectivity index (χ0v) is 15.9. The smallest absolute Gasteiger partial charge is 0.123 e. The van der Waals surface area contributed by atoms with Crippen LogP contribution in [0.15, 0.2) is 0 Å². The zero-order chi connectivity index (χ0) is 17.1. The fraction of sp³-hybridized carbons (Fsp3) is 1.00. The molecule has 0 aromatic rings. The minimum Gasteiger partial charge on any atom is -0.201 e. The van der Waals surface area contributed by atoms with Gasteiger partial charge in [0.05, 0.1) is 0 Å². The van der Waals surface area contributed by atoms with Gasteiger partial charge in [0.1, 0.15) is 12.7 Å². The molecule has 1 fully saturated rings. The summed E-state index contributed by atoms with van der Waals surface area (Å²) in [6.07, 6.45) is 23.4. The Hall–Kier alpha value is -0.160. The van der Waals surface area contributed by atoms with Crippen LogP contribution in [0.1, 0.15) is 116 Å². The number of unbranched alkanes of at least 4 members (excludes halogenated alkanes) is 15. The van der Waals surface area contributed by atoms with Crippen LogP contribution in [0.5, 0.6) is 0 Å². The van der Waals surface area contributed by atoms with Gasteiger partial charge in [0.25, 0.3) is 0 Å². The van der Waals surface area contributed by atoms with E-state index in [1.165, 1.54) is 103 Å². The first-order valence-electron chi connectivity index (χ1n) is 10.5. The molecule has 1 heterocycles. The lowest BCUT2D eigenvalue weighted by molar-refractivity contribution is -0.676. The Bertz CT molecular complexity index is 242. The Kier molecular flexibility index (Phi) is 16.1. The van der Waals surface area contributed by atoms with Gasteiger partial charge in [-0.05, 0) is 16.5 Å². The minimum absolute atomic E-state index is 0.0328. The summed E-state index contributed by atoms with van der Waals surface area (Å²) in [7, 11) is 0. The molecule has 0 aromatic carbocycles. The predicted octanol–water partition coefficient (Wildman–Crippen LogP) is 6.83. The SMILES string of the molecule is CCCCCCCCCCCCCCCCCCC1COOOO1. The van der Waals surface area contributed by atoms with E-state index in [-0.39, 0.29) is 6.10 Å². The van der Waals surface area contributed by atoms with Gasteiger partial charge in [-0.15, -0.1) is 0 Å². The van der Waals surface area contributed by atoms with Crippen molar-refractivity contribution in [3.8, 4) is 0 Å². The van der Waals surface area contributed by atoms with E-state index in [2.05, 4.69) is 17.0 Å². The lowest BCUT2D eigenvalue weighted by Crippen LogP contribution is -2.25. The topological polar surface area (TPSA) is 36.9 Å². The first-order chi connectivity index (χ1) is 11.9. The van der Waals surface area contributed by atoms with Crippen LogP contribution in [0, 0.1) is 0 Å². The molecule has 1 aliphatic heterocycles. The van der Waals surface area contributed by atoms with Crippen LogP contribution in [0.4, 0.5) is 0 Å². The summed E-state index contributed by atoms with van der Waals surface area (Å²) in [4.78, 5) is 9.67. The van der Waals surface area contributed by atoms with Crippen molar-refractivity contribution in [3.63, 3.8) is 0 Å². The summed E-state index contributed by atoms with van der Waals surface area (Å²) in [5.74, 6) is 0. The molecule has 24 heavy (non-hydrogen) atoms. The molecule has 0 radical (unpaired) electrons. The molecule has 0 aromatic heterocycles. The standard InChI is InChI=1S/C20H40O4/c1-2-3-4-5-6-7-8-9-10-11-12-13-14-15-16-17-18-20-19-21-23-24-22-20/h20H,2-19H2,1H3. The molecule has 144 valence electrons. The van der Waals surface area contributed by atoms with Gasteiger partial charge in [-0.1, -0.05) is 110 Å². The van der Waals surface area contributed by atoms with E-state index in [0.717, 1.165) is 6.42 Å². The normalized spacial score (nSPS) is 18.1. The molecular weight excluding hydrogens is 304 g/mol. The van der Waals surface area contributed by atoms with E-state index in [9.17, 15) is 0 Å². The highest BCUT2D eigenvalue weighted by Gasteiger charge is 2.16. The van der Waals surface area contributed by atoms with E-state index in [1.807, 2.05) is 0 Å². The largest absolute Gasteiger partial charge is 0.201 e. The molecule has 1 atom stereocenters. The Morgan fingerprint density at radius 1 is 0.583 bits per heavy atom. The summed E-state index contributed by atoms with van der Waals surface area (Å²) in [6, 6.07) is 0. The number of hydrogen-bond acceptors (Lipinski definition) is 4. The monoisotopic (exact) mass is 344 g/mol. The lowest BCUT2D eigenvalue weighted by Gasteiger charge is -2.18. The van der Waals surface area contributed by atoms with Crippen molar-refractivity contribution in [2.75, 3.05) is 6.61 Å². The Morgan fingerprint density at radius 3 is 1.46 bits per heavy atom. The van der Waals surface area contributed by atoms with Crippen molar-refractivity contribution in [2.24, 2.45) is 0 Å². The molecule has 0 bridgehead atoms. The predicted molar refractivity (Wildman–Crippen MR) is 97.2 cm³/mol. The van der Waals surface area contributed by atoms with Gasteiger partial charge in [-0.25, -0.2) is 4.89 Å². The van der Waals surface area contributed by atoms with Gasteiger partial charge in [0, 0.05) is 0 Å². The fourth-order valence-electron chi connectivity index (χ4n) is 3.27. The van der Waals surface area contributed by atoms with Crippen LogP contribution >= 0.6 is 0 Å². The maximum atomic E-state index is 4.95. The van der Waals surface area contributed by atoms with Gasteiger partial charge in [-0.2, -0.15) is 4.89 Å². The molecule has 1 unspecified atom stereocenters. The maximum Gasteiger partial charge on any atom is 0.123 e. The first kappa shape index (κ1) is 21.9. The minimum atomic E-state index is 0.0328. The van der Waals surface area contributed by atoms with Gasteiger partial charge in [-0.3, -0.25) is 0 Å². The van der Waals surface area contributed by atoms with Crippen LogP contribution in [-0.4, -0.2) is 12.7 Å². The molecule has 4 heteroatoms. The molecule has 1 rings (SSSR count). The van der Waals surface area contributed by atoms with Crippen LogP contribution in [0.3, 0.4) is 0 Å². The van der Waals surface area contributed by atoms with Crippen LogP contribution < -0.4 is 0 Å². The third kappa shape index (κ3) is 14.2. The van der Waals surface area contributed by atoms with Crippen molar-refractivity contribution < 1.29 is 19.9 Å². The molecule has 0 aliphatic carbocycles. The molecule has 1 saturated heterocycles. The van der Waals surface area contributed by atoms with Crippen molar-refractivity contribution in [3.05, 3.63) is 0 Å². The van der Waals surface area contributed by atoms with E-state index in [4.69, 9.17) is 9.78 Å². The average Bonchev–Trinajstić information content (AvgIpc) is 2.62. The molecule has 1 aliphatic rings. The molecule has 0 amide bonds. The summed E-state index contributed by atoms with van der Waals surface area (Å²) in [5.41, 5.74) is 0. The number of rotatable bonds is 17. The Morgan fingerprint density at radius 2 is 1.04 bits per heavy atom. The third-order valence-electron chi connectivity index (χ3n) is 4.88. The molecule has 0 saturated carbocycles. The third-order valence-corrected chi connectivity index (χ3v) is 4.88. The summed E-state index contributed by atoms with van der Waals surface area (Å²) >= 11 is 0. The maximum absolute atomic E-state index is 4.95. The Balaban J connectivity index is 1.66. The van der Waals surface area contributed by atoms with Gasteiger partial charge in [0.2, 0.25) is 0 Å². The highest BCUT2D eigenvalue weighted by atomic mass is 17.7. The summed E-state index contributed by atoms with van der Waals surface area (Å²) in [6.45, 7) is 2.76. The zero-order valence-electron chi connectivity index (χ0n) is 15.9. The highest BCUT2D eigenvalue weighted by molar-refractivity contribution is 4.56. The summed E-state index contributed by atoms with van der Waals surface area (Å²) < 4.78 is 0. The van der Waals surface area contributed by atoms with Gasteiger partial charge in [0.15, 0.2) is 0 Å². The summed E-state index contributed by atoms with van der Waals surface area (Å²) in [5, 5.41) is 8.55.